The van der Waals surface area contributed by atoms with Gasteiger partial charge in [-0.15, -0.1) is 0 Å². The Labute approximate surface area is 84.6 Å². The second-order valence-electron chi connectivity index (χ2n) is 3.57. The highest BCUT2D eigenvalue weighted by Gasteiger charge is 2.06. The lowest BCUT2D eigenvalue weighted by Crippen LogP contribution is -2.21. The van der Waals surface area contributed by atoms with Gasteiger partial charge in [0.1, 0.15) is 0 Å². The van der Waals surface area contributed by atoms with E-state index in [2.05, 4.69) is 23.3 Å². The maximum absolute atomic E-state index is 11.6. The molecule has 0 amide bonds. The Morgan fingerprint density at radius 2 is 2.21 bits per heavy atom. The SMILES string of the molecule is CCCc1cc(C)[nH]c(=O)c1CNC. The highest BCUT2D eigenvalue weighted by atomic mass is 16.1. The van der Waals surface area contributed by atoms with E-state index in [1.807, 2.05) is 14.0 Å². The van der Waals surface area contributed by atoms with Gasteiger partial charge in [-0.1, -0.05) is 13.3 Å². The van der Waals surface area contributed by atoms with Crippen molar-refractivity contribution in [3.8, 4) is 0 Å². The summed E-state index contributed by atoms with van der Waals surface area (Å²) in [6.07, 6.45) is 2.04. The van der Waals surface area contributed by atoms with Gasteiger partial charge in [-0.3, -0.25) is 4.79 Å². The van der Waals surface area contributed by atoms with Crippen LogP contribution in [0.15, 0.2) is 10.9 Å². The lowest BCUT2D eigenvalue weighted by molar-refractivity contribution is 0.777. The van der Waals surface area contributed by atoms with Crippen LogP contribution in [0.4, 0.5) is 0 Å². The average molecular weight is 194 g/mol. The first-order valence-electron chi connectivity index (χ1n) is 5.05. The largest absolute Gasteiger partial charge is 0.326 e. The number of H-pyrrole nitrogens is 1. The van der Waals surface area contributed by atoms with E-state index >= 15 is 0 Å². The van der Waals surface area contributed by atoms with Gasteiger partial charge < -0.3 is 10.3 Å². The average Bonchev–Trinajstić information content (AvgIpc) is 2.11. The molecule has 78 valence electrons. The van der Waals surface area contributed by atoms with E-state index < -0.39 is 0 Å². The molecule has 0 aromatic carbocycles. The lowest BCUT2D eigenvalue weighted by atomic mass is 10.0. The van der Waals surface area contributed by atoms with Crippen molar-refractivity contribution in [3.63, 3.8) is 0 Å². The summed E-state index contributed by atoms with van der Waals surface area (Å²) in [5.74, 6) is 0. The minimum atomic E-state index is 0.0443. The van der Waals surface area contributed by atoms with Crippen LogP contribution in [0.3, 0.4) is 0 Å². The van der Waals surface area contributed by atoms with Crippen molar-refractivity contribution < 1.29 is 0 Å². The van der Waals surface area contributed by atoms with Crippen LogP contribution in [0.25, 0.3) is 0 Å². The van der Waals surface area contributed by atoms with Crippen LogP contribution in [0.2, 0.25) is 0 Å². The Morgan fingerprint density at radius 1 is 1.50 bits per heavy atom. The highest BCUT2D eigenvalue weighted by molar-refractivity contribution is 5.26. The van der Waals surface area contributed by atoms with Crippen LogP contribution < -0.4 is 10.9 Å². The van der Waals surface area contributed by atoms with Gasteiger partial charge in [-0.05, 0) is 32.0 Å². The van der Waals surface area contributed by atoms with Gasteiger partial charge in [0, 0.05) is 17.8 Å². The molecule has 0 aliphatic carbocycles. The highest BCUT2D eigenvalue weighted by Crippen LogP contribution is 2.07. The van der Waals surface area contributed by atoms with Gasteiger partial charge in [0.25, 0.3) is 5.56 Å². The first-order valence-corrected chi connectivity index (χ1v) is 5.05. The van der Waals surface area contributed by atoms with E-state index in [4.69, 9.17) is 0 Å². The summed E-state index contributed by atoms with van der Waals surface area (Å²) in [5, 5.41) is 3.02. The number of hydrogen-bond acceptors (Lipinski definition) is 2. The Bertz CT molecular complexity index is 355. The van der Waals surface area contributed by atoms with Gasteiger partial charge in [0.15, 0.2) is 0 Å². The van der Waals surface area contributed by atoms with Crippen molar-refractivity contribution in [2.45, 2.75) is 33.2 Å². The van der Waals surface area contributed by atoms with Crippen LogP contribution in [0, 0.1) is 6.92 Å². The van der Waals surface area contributed by atoms with E-state index in [-0.39, 0.29) is 5.56 Å². The third kappa shape index (κ3) is 2.45. The van der Waals surface area contributed by atoms with Crippen LogP contribution in [0.1, 0.15) is 30.2 Å². The van der Waals surface area contributed by atoms with Gasteiger partial charge in [0.2, 0.25) is 0 Å². The van der Waals surface area contributed by atoms with Crippen LogP contribution in [0.5, 0.6) is 0 Å². The van der Waals surface area contributed by atoms with Crippen molar-refractivity contribution in [2.75, 3.05) is 7.05 Å². The molecule has 0 unspecified atom stereocenters. The van der Waals surface area contributed by atoms with E-state index in [1.165, 1.54) is 5.56 Å². The van der Waals surface area contributed by atoms with Crippen molar-refractivity contribution in [3.05, 3.63) is 33.2 Å². The van der Waals surface area contributed by atoms with Gasteiger partial charge in [-0.2, -0.15) is 0 Å². The second kappa shape index (κ2) is 4.96. The fourth-order valence-electron chi connectivity index (χ4n) is 1.65. The number of aromatic amines is 1. The summed E-state index contributed by atoms with van der Waals surface area (Å²) in [6, 6.07) is 2.07. The minimum Gasteiger partial charge on any atom is -0.326 e. The van der Waals surface area contributed by atoms with Crippen LogP contribution in [-0.4, -0.2) is 12.0 Å². The predicted octanol–water partition coefficient (Wildman–Crippen LogP) is 1.36. The molecule has 0 aliphatic heterocycles. The van der Waals surface area contributed by atoms with Crippen molar-refractivity contribution in [1.29, 1.82) is 0 Å². The summed E-state index contributed by atoms with van der Waals surface area (Å²) in [6.45, 7) is 4.69. The summed E-state index contributed by atoms with van der Waals surface area (Å²) in [5.41, 5.74) is 3.03. The Hall–Kier alpha value is -1.09. The number of hydrogen-bond donors (Lipinski definition) is 2. The molecule has 0 fully saturated rings. The van der Waals surface area contributed by atoms with E-state index in [1.54, 1.807) is 0 Å². The first-order chi connectivity index (χ1) is 6.69. The molecule has 0 aliphatic rings. The molecule has 2 N–H and O–H groups in total. The quantitative estimate of drug-likeness (QED) is 0.760. The van der Waals surface area contributed by atoms with Gasteiger partial charge in [-0.25, -0.2) is 0 Å². The summed E-state index contributed by atoms with van der Waals surface area (Å²) >= 11 is 0. The maximum atomic E-state index is 11.6. The molecule has 14 heavy (non-hydrogen) atoms. The van der Waals surface area contributed by atoms with E-state index in [9.17, 15) is 4.79 Å². The molecule has 0 atom stereocenters. The van der Waals surface area contributed by atoms with E-state index in [0.717, 1.165) is 24.1 Å². The molecular formula is C11H18N2O. The molecule has 0 bridgehead atoms. The standard InChI is InChI=1S/C11H18N2O/c1-4-5-9-6-8(2)13-11(14)10(9)7-12-3/h6,12H,4-5,7H2,1-3H3,(H,13,14). The fraction of sp³-hybridized carbons (Fsp3) is 0.545. The molecule has 0 saturated heterocycles. The summed E-state index contributed by atoms with van der Waals surface area (Å²) in [7, 11) is 1.86. The zero-order valence-corrected chi connectivity index (χ0v) is 9.11. The molecule has 1 heterocycles. The number of aryl methyl sites for hydroxylation is 2. The van der Waals surface area contributed by atoms with Gasteiger partial charge in [0.05, 0.1) is 0 Å². The number of pyridine rings is 1. The molecular weight excluding hydrogens is 176 g/mol. The Morgan fingerprint density at radius 3 is 2.79 bits per heavy atom. The maximum Gasteiger partial charge on any atom is 0.252 e. The number of aromatic nitrogens is 1. The lowest BCUT2D eigenvalue weighted by Gasteiger charge is -2.08. The zero-order valence-electron chi connectivity index (χ0n) is 9.11. The molecule has 0 spiro atoms. The first kappa shape index (κ1) is 11.0. The summed E-state index contributed by atoms with van der Waals surface area (Å²) in [4.78, 5) is 14.5. The molecule has 1 aromatic heterocycles. The monoisotopic (exact) mass is 194 g/mol. The second-order valence-corrected chi connectivity index (χ2v) is 3.57. The Balaban J connectivity index is 3.14. The third-order valence-electron chi connectivity index (χ3n) is 2.24. The molecule has 3 heteroatoms. The molecule has 1 rings (SSSR count). The Kier molecular flexibility index (Phi) is 3.89. The van der Waals surface area contributed by atoms with Crippen molar-refractivity contribution in [1.82, 2.24) is 10.3 Å². The van der Waals surface area contributed by atoms with Gasteiger partial charge >= 0.3 is 0 Å². The van der Waals surface area contributed by atoms with E-state index in [0.29, 0.717) is 6.54 Å². The number of rotatable bonds is 4. The molecule has 1 aromatic rings. The summed E-state index contributed by atoms with van der Waals surface area (Å²) < 4.78 is 0. The zero-order chi connectivity index (χ0) is 10.6. The molecule has 0 radical (unpaired) electrons. The molecule has 0 saturated carbocycles. The van der Waals surface area contributed by atoms with Crippen molar-refractivity contribution in [2.24, 2.45) is 0 Å². The minimum absolute atomic E-state index is 0.0443. The smallest absolute Gasteiger partial charge is 0.252 e. The topological polar surface area (TPSA) is 44.9 Å². The van der Waals surface area contributed by atoms with Crippen molar-refractivity contribution >= 4 is 0 Å². The fourth-order valence-corrected chi connectivity index (χ4v) is 1.65. The molecule has 3 nitrogen and oxygen atoms in total. The third-order valence-corrected chi connectivity index (χ3v) is 2.24. The predicted molar refractivity (Wildman–Crippen MR) is 58.6 cm³/mol. The van der Waals surface area contributed by atoms with Crippen LogP contribution in [-0.2, 0) is 13.0 Å². The van der Waals surface area contributed by atoms with Crippen LogP contribution >= 0.6 is 0 Å². The number of nitrogens with one attached hydrogen (secondary N) is 2. The normalized spacial score (nSPS) is 10.5.